The van der Waals surface area contributed by atoms with Crippen LogP contribution in [0.5, 0.6) is 0 Å². The summed E-state index contributed by atoms with van der Waals surface area (Å²) in [5.41, 5.74) is 1.17. The molecule has 0 heterocycles. The van der Waals surface area contributed by atoms with E-state index >= 15 is 0 Å². The van der Waals surface area contributed by atoms with Gasteiger partial charge in [0.2, 0.25) is 0 Å². The Morgan fingerprint density at radius 2 is 1.86 bits per heavy atom. The van der Waals surface area contributed by atoms with Crippen LogP contribution in [0, 0.1) is 0 Å². The molecule has 0 unspecified atom stereocenters. The Labute approximate surface area is 83.2 Å². The summed E-state index contributed by atoms with van der Waals surface area (Å²) in [6, 6.07) is 6.76. The van der Waals surface area contributed by atoms with Crippen LogP contribution in [0.4, 0.5) is 0 Å². The molecule has 1 aromatic rings. The molecule has 1 aromatic carbocycles. The summed E-state index contributed by atoms with van der Waals surface area (Å²) in [7, 11) is 1.58. The Balaban J connectivity index is 2.92. The summed E-state index contributed by atoms with van der Waals surface area (Å²) in [6.45, 7) is 0. The summed E-state index contributed by atoms with van der Waals surface area (Å²) < 4.78 is 10.1. The maximum Gasteiger partial charge on any atom is 0.488 e. The lowest BCUT2D eigenvalue weighted by Gasteiger charge is -2.14. The van der Waals surface area contributed by atoms with Crippen LogP contribution in [-0.4, -0.2) is 31.4 Å². The largest absolute Gasteiger partial charge is 0.488 e. The highest BCUT2D eigenvalue weighted by atomic mass is 16.7. The van der Waals surface area contributed by atoms with Gasteiger partial charge in [0, 0.05) is 19.8 Å². The lowest BCUT2D eigenvalue weighted by molar-refractivity contribution is -0.105. The van der Waals surface area contributed by atoms with Crippen LogP contribution >= 0.6 is 0 Å². The molecule has 0 aliphatic carbocycles. The second-order valence-corrected chi connectivity index (χ2v) is 2.85. The van der Waals surface area contributed by atoms with Crippen LogP contribution in [0.3, 0.4) is 0 Å². The predicted octanol–water partition coefficient (Wildman–Crippen LogP) is -0.342. The van der Waals surface area contributed by atoms with Gasteiger partial charge >= 0.3 is 7.12 Å². The normalized spacial score (nSPS) is 10.6. The molecular formula is C9H13BO4. The molecule has 2 N–H and O–H groups in total. The number of benzene rings is 1. The first-order valence-corrected chi connectivity index (χ1v) is 4.20. The van der Waals surface area contributed by atoms with Crippen LogP contribution < -0.4 is 5.46 Å². The third-order valence-electron chi connectivity index (χ3n) is 1.91. The average Bonchev–Trinajstić information content (AvgIpc) is 2.20. The highest BCUT2D eigenvalue weighted by Gasteiger charge is 2.14. The zero-order valence-corrected chi connectivity index (χ0v) is 8.18. The Kier molecular flexibility index (Phi) is 4.09. The van der Waals surface area contributed by atoms with Gasteiger partial charge in [-0.05, 0) is 5.46 Å². The molecule has 0 aromatic heterocycles. The molecule has 0 aliphatic rings. The van der Waals surface area contributed by atoms with Crippen LogP contribution in [0.25, 0.3) is 0 Å². The van der Waals surface area contributed by atoms with E-state index in [1.54, 1.807) is 24.3 Å². The fourth-order valence-electron chi connectivity index (χ4n) is 1.23. The monoisotopic (exact) mass is 196 g/mol. The molecule has 0 aliphatic heterocycles. The number of rotatable bonds is 4. The fraction of sp³-hybridized carbons (Fsp3) is 0.333. The molecule has 0 saturated carbocycles. The molecule has 14 heavy (non-hydrogen) atoms. The highest BCUT2D eigenvalue weighted by Crippen LogP contribution is 2.15. The smallest absolute Gasteiger partial charge is 0.423 e. The van der Waals surface area contributed by atoms with E-state index in [1.807, 2.05) is 0 Å². The van der Waals surface area contributed by atoms with E-state index < -0.39 is 13.4 Å². The molecule has 5 heteroatoms. The minimum Gasteiger partial charge on any atom is -0.423 e. The van der Waals surface area contributed by atoms with Crippen molar-refractivity contribution in [3.05, 3.63) is 29.8 Å². The Hall–Kier alpha value is -0.875. The Morgan fingerprint density at radius 3 is 2.36 bits per heavy atom. The minimum absolute atomic E-state index is 0.418. The zero-order chi connectivity index (χ0) is 10.6. The van der Waals surface area contributed by atoms with Gasteiger partial charge in [0.25, 0.3) is 0 Å². The summed E-state index contributed by atoms with van der Waals surface area (Å²) in [6.07, 6.45) is -0.478. The van der Waals surface area contributed by atoms with Crippen molar-refractivity contribution in [3.63, 3.8) is 0 Å². The molecule has 0 atom stereocenters. The molecule has 4 nitrogen and oxygen atoms in total. The Morgan fingerprint density at radius 1 is 1.21 bits per heavy atom. The molecule has 0 spiro atoms. The van der Waals surface area contributed by atoms with Gasteiger partial charge in [-0.2, -0.15) is 0 Å². The molecule has 76 valence electrons. The average molecular weight is 196 g/mol. The minimum atomic E-state index is -1.47. The first-order chi connectivity index (χ1) is 6.69. The molecule has 0 radical (unpaired) electrons. The third-order valence-corrected chi connectivity index (χ3v) is 1.91. The van der Waals surface area contributed by atoms with Gasteiger partial charge in [0.15, 0.2) is 6.29 Å². The SMILES string of the molecule is COC(OC)c1cccc(B(O)O)c1. The van der Waals surface area contributed by atoms with Crippen LogP contribution in [-0.2, 0) is 9.47 Å². The van der Waals surface area contributed by atoms with Crippen LogP contribution in [0.1, 0.15) is 11.9 Å². The third kappa shape index (κ3) is 2.56. The van der Waals surface area contributed by atoms with Gasteiger partial charge in [0.05, 0.1) is 0 Å². The maximum absolute atomic E-state index is 8.95. The molecule has 1 rings (SSSR count). The van der Waals surface area contributed by atoms with E-state index in [4.69, 9.17) is 19.5 Å². The quantitative estimate of drug-likeness (QED) is 0.510. The molecular weight excluding hydrogens is 183 g/mol. The Bertz CT molecular complexity index is 286. The number of hydrogen-bond donors (Lipinski definition) is 2. The summed E-state index contributed by atoms with van der Waals surface area (Å²) in [4.78, 5) is 0. The van der Waals surface area contributed by atoms with Gasteiger partial charge in [-0.1, -0.05) is 24.3 Å². The van der Waals surface area contributed by atoms with E-state index in [0.717, 1.165) is 5.56 Å². The number of hydrogen-bond acceptors (Lipinski definition) is 4. The van der Waals surface area contributed by atoms with Gasteiger partial charge in [-0.25, -0.2) is 0 Å². The standard InChI is InChI=1S/C9H13BO4/c1-13-9(14-2)7-4-3-5-8(6-7)10(11)12/h3-6,9,11-12H,1-2H3. The maximum atomic E-state index is 8.95. The van der Waals surface area contributed by atoms with Crippen LogP contribution in [0.15, 0.2) is 24.3 Å². The second kappa shape index (κ2) is 5.12. The van der Waals surface area contributed by atoms with Crippen molar-refractivity contribution >= 4 is 12.6 Å². The van der Waals surface area contributed by atoms with Gasteiger partial charge in [-0.3, -0.25) is 0 Å². The summed E-state index contributed by atoms with van der Waals surface area (Å²) >= 11 is 0. The number of ether oxygens (including phenoxy) is 2. The van der Waals surface area contributed by atoms with Crippen molar-refractivity contribution in [2.24, 2.45) is 0 Å². The zero-order valence-electron chi connectivity index (χ0n) is 8.18. The highest BCUT2D eigenvalue weighted by molar-refractivity contribution is 6.58. The molecule has 0 bridgehead atoms. The molecule has 0 fully saturated rings. The van der Waals surface area contributed by atoms with Crippen molar-refractivity contribution in [1.29, 1.82) is 0 Å². The van der Waals surface area contributed by atoms with Crippen molar-refractivity contribution in [3.8, 4) is 0 Å². The molecule has 0 amide bonds. The van der Waals surface area contributed by atoms with Crippen molar-refractivity contribution in [2.45, 2.75) is 6.29 Å². The van der Waals surface area contributed by atoms with Gasteiger partial charge < -0.3 is 19.5 Å². The van der Waals surface area contributed by atoms with Crippen LogP contribution in [0.2, 0.25) is 0 Å². The summed E-state index contributed by atoms with van der Waals surface area (Å²) in [5.74, 6) is 0. The van der Waals surface area contributed by atoms with Crippen molar-refractivity contribution < 1.29 is 19.5 Å². The fourth-order valence-corrected chi connectivity index (χ4v) is 1.23. The van der Waals surface area contributed by atoms with Gasteiger partial charge in [-0.15, -0.1) is 0 Å². The number of methoxy groups -OCH3 is 2. The molecule has 0 saturated heterocycles. The van der Waals surface area contributed by atoms with E-state index in [2.05, 4.69) is 0 Å². The van der Waals surface area contributed by atoms with Crippen molar-refractivity contribution in [2.75, 3.05) is 14.2 Å². The van der Waals surface area contributed by atoms with Gasteiger partial charge in [0.1, 0.15) is 0 Å². The first kappa shape index (κ1) is 11.2. The lowest BCUT2D eigenvalue weighted by atomic mass is 9.79. The topological polar surface area (TPSA) is 58.9 Å². The van der Waals surface area contributed by atoms with Crippen molar-refractivity contribution in [1.82, 2.24) is 0 Å². The lowest BCUT2D eigenvalue weighted by Crippen LogP contribution is -2.30. The first-order valence-electron chi connectivity index (χ1n) is 4.20. The van der Waals surface area contributed by atoms with E-state index in [-0.39, 0.29) is 0 Å². The van der Waals surface area contributed by atoms with E-state index in [0.29, 0.717) is 5.46 Å². The summed E-state index contributed by atoms with van der Waals surface area (Å²) in [5, 5.41) is 17.9. The predicted molar refractivity (Wildman–Crippen MR) is 53.0 cm³/mol. The van der Waals surface area contributed by atoms with E-state index in [1.165, 1.54) is 14.2 Å². The second-order valence-electron chi connectivity index (χ2n) is 2.85. The van der Waals surface area contributed by atoms with E-state index in [9.17, 15) is 0 Å².